The Kier molecular flexibility index (Phi) is 6.05. The van der Waals surface area contributed by atoms with Crippen LogP contribution in [-0.2, 0) is 9.47 Å². The molecule has 1 saturated heterocycles. The van der Waals surface area contributed by atoms with Crippen molar-refractivity contribution in [3.63, 3.8) is 0 Å². The Bertz CT molecular complexity index is 940. The normalized spacial score (nSPS) is 29.6. The summed E-state index contributed by atoms with van der Waals surface area (Å²) in [5.74, 6) is 1.63. The molecule has 2 aromatic carbocycles. The number of hydrogen-bond acceptors (Lipinski definition) is 4. The Balaban J connectivity index is 1.51. The number of carbonyl (C=O) groups is 1. The summed E-state index contributed by atoms with van der Waals surface area (Å²) in [6, 6.07) is 17.5. The van der Waals surface area contributed by atoms with Crippen molar-refractivity contribution in [2.24, 2.45) is 23.2 Å². The number of benzene rings is 2. The quantitative estimate of drug-likeness (QED) is 0.615. The number of allylic oxidation sites excluding steroid dienone is 1. The Labute approximate surface area is 184 Å². The van der Waals surface area contributed by atoms with Crippen molar-refractivity contribution >= 4 is 11.8 Å². The molecule has 5 heteroatoms. The van der Waals surface area contributed by atoms with E-state index in [1.807, 2.05) is 42.5 Å². The van der Waals surface area contributed by atoms with Crippen LogP contribution in [0, 0.1) is 23.2 Å². The molecule has 0 saturated carbocycles. The number of carbonyl (C=O) groups excluding carboxylic acids is 1. The van der Waals surface area contributed by atoms with Crippen LogP contribution in [-0.4, -0.2) is 26.4 Å². The molecule has 5 atom stereocenters. The molecule has 2 aliphatic rings. The lowest BCUT2D eigenvalue weighted by atomic mass is 9.56. The van der Waals surface area contributed by atoms with Crippen LogP contribution in [0.2, 0.25) is 0 Å². The van der Waals surface area contributed by atoms with Gasteiger partial charge in [-0.15, -0.1) is 0 Å². The Morgan fingerprint density at radius 1 is 1.13 bits per heavy atom. The highest BCUT2D eigenvalue weighted by Gasteiger charge is 2.54. The molecule has 164 valence electrons. The first-order valence-electron chi connectivity index (χ1n) is 10.9. The van der Waals surface area contributed by atoms with E-state index in [0.717, 1.165) is 17.0 Å². The summed E-state index contributed by atoms with van der Waals surface area (Å²) in [4.78, 5) is 12.4. The smallest absolute Gasteiger partial charge is 0.411 e. The molecular formula is C26H31NO4. The zero-order valence-electron chi connectivity index (χ0n) is 18.6. The third-order valence-electron chi connectivity index (χ3n) is 7.19. The zero-order valence-corrected chi connectivity index (χ0v) is 18.6. The number of rotatable bonds is 5. The highest BCUT2D eigenvalue weighted by Crippen LogP contribution is 2.56. The fraction of sp³-hybridized carbons (Fsp3) is 0.423. The maximum atomic E-state index is 12.4. The summed E-state index contributed by atoms with van der Waals surface area (Å²) in [5, 5.41) is 2.81. The maximum Gasteiger partial charge on any atom is 0.411 e. The second kappa shape index (κ2) is 8.75. The molecule has 1 heterocycles. The molecule has 1 aliphatic carbocycles. The number of amides is 1. The maximum absolute atomic E-state index is 12.4. The lowest BCUT2D eigenvalue weighted by Crippen LogP contribution is -2.54. The summed E-state index contributed by atoms with van der Waals surface area (Å²) in [5.41, 5.74) is 2.96. The molecule has 2 bridgehead atoms. The zero-order chi connectivity index (χ0) is 22.0. The van der Waals surface area contributed by atoms with Gasteiger partial charge in [-0.1, -0.05) is 55.8 Å². The summed E-state index contributed by atoms with van der Waals surface area (Å²) < 4.78 is 17.5. The van der Waals surface area contributed by atoms with Gasteiger partial charge in [0.15, 0.2) is 0 Å². The van der Waals surface area contributed by atoms with Crippen molar-refractivity contribution in [3.05, 3.63) is 71.8 Å². The predicted octanol–water partition coefficient (Wildman–Crippen LogP) is 5.85. The average Bonchev–Trinajstić information content (AvgIpc) is 2.77. The molecule has 1 amide bonds. The Morgan fingerprint density at radius 3 is 2.52 bits per heavy atom. The monoisotopic (exact) mass is 421 g/mol. The minimum Gasteiger partial charge on any atom is -0.497 e. The highest BCUT2D eigenvalue weighted by molar-refractivity contribution is 5.84. The SMILES string of the molecule is COc1ccc([C@H]2OC[C@]3(COC(=O)Nc4ccccc4)[C@H](C)C=C(C)[C@@H]2[C@@H]3C)cc1. The molecule has 0 aromatic heterocycles. The van der Waals surface area contributed by atoms with E-state index in [4.69, 9.17) is 14.2 Å². The van der Waals surface area contributed by atoms with Gasteiger partial charge < -0.3 is 14.2 Å². The topological polar surface area (TPSA) is 56.8 Å². The molecule has 1 aliphatic heterocycles. The number of para-hydroxylation sites is 1. The van der Waals surface area contributed by atoms with Crippen LogP contribution in [0.3, 0.4) is 0 Å². The van der Waals surface area contributed by atoms with Crippen LogP contribution in [0.25, 0.3) is 0 Å². The first kappa shape index (κ1) is 21.4. The van der Waals surface area contributed by atoms with Crippen LogP contribution in [0.4, 0.5) is 10.5 Å². The molecular weight excluding hydrogens is 390 g/mol. The number of anilines is 1. The largest absolute Gasteiger partial charge is 0.497 e. The third kappa shape index (κ3) is 4.07. The third-order valence-corrected chi connectivity index (χ3v) is 7.19. The number of hydrogen-bond donors (Lipinski definition) is 1. The minimum atomic E-state index is -0.430. The van der Waals surface area contributed by atoms with Crippen molar-refractivity contribution in [2.45, 2.75) is 26.9 Å². The second-order valence-electron chi connectivity index (χ2n) is 8.82. The van der Waals surface area contributed by atoms with Crippen LogP contribution in [0.5, 0.6) is 5.75 Å². The summed E-state index contributed by atoms with van der Waals surface area (Å²) in [6.07, 6.45) is 1.89. The molecule has 4 rings (SSSR count). The lowest BCUT2D eigenvalue weighted by molar-refractivity contribution is -0.165. The van der Waals surface area contributed by atoms with E-state index in [2.05, 4.69) is 44.3 Å². The van der Waals surface area contributed by atoms with E-state index >= 15 is 0 Å². The minimum absolute atomic E-state index is 0.0177. The predicted molar refractivity (Wildman–Crippen MR) is 121 cm³/mol. The summed E-state index contributed by atoms with van der Waals surface area (Å²) in [7, 11) is 1.67. The van der Waals surface area contributed by atoms with Gasteiger partial charge in [-0.2, -0.15) is 0 Å². The molecule has 1 fully saturated rings. The molecule has 5 nitrogen and oxygen atoms in total. The fourth-order valence-electron chi connectivity index (χ4n) is 5.23. The van der Waals surface area contributed by atoms with E-state index in [9.17, 15) is 4.79 Å². The fourth-order valence-corrected chi connectivity index (χ4v) is 5.23. The van der Waals surface area contributed by atoms with Crippen LogP contribution >= 0.6 is 0 Å². The van der Waals surface area contributed by atoms with Gasteiger partial charge in [0.05, 0.1) is 19.8 Å². The standard InChI is InChI=1S/C26H31NO4/c1-17-14-18(2)26(16-31-25(28)27-21-8-6-5-7-9-21)15-30-24(23(17)19(26)3)20-10-12-22(29-4)13-11-20/h5-14,18-19,23-24H,15-16H2,1-4H3,(H,27,28)/t18-,19+,23-,24-,26+/m1/s1. The van der Waals surface area contributed by atoms with E-state index in [-0.39, 0.29) is 23.4 Å². The van der Waals surface area contributed by atoms with E-state index in [1.165, 1.54) is 5.57 Å². The van der Waals surface area contributed by atoms with E-state index < -0.39 is 6.09 Å². The highest BCUT2D eigenvalue weighted by atomic mass is 16.6. The van der Waals surface area contributed by atoms with Crippen molar-refractivity contribution in [2.75, 3.05) is 25.6 Å². The van der Waals surface area contributed by atoms with Gasteiger partial charge in [-0.25, -0.2) is 4.79 Å². The number of methoxy groups -OCH3 is 1. The number of nitrogens with one attached hydrogen (secondary N) is 1. The molecule has 0 spiro atoms. The van der Waals surface area contributed by atoms with Crippen LogP contribution in [0.15, 0.2) is 66.2 Å². The molecule has 31 heavy (non-hydrogen) atoms. The first-order valence-corrected chi connectivity index (χ1v) is 10.9. The van der Waals surface area contributed by atoms with Gasteiger partial charge >= 0.3 is 6.09 Å². The Hall–Kier alpha value is -2.79. The van der Waals surface area contributed by atoms with Gasteiger partial charge in [0.1, 0.15) is 12.4 Å². The van der Waals surface area contributed by atoms with E-state index in [0.29, 0.717) is 19.1 Å². The summed E-state index contributed by atoms with van der Waals surface area (Å²) in [6.45, 7) is 7.53. The molecule has 1 N–H and O–H groups in total. The van der Waals surface area contributed by atoms with Gasteiger partial charge in [0.25, 0.3) is 0 Å². The molecule has 0 unspecified atom stereocenters. The van der Waals surface area contributed by atoms with Crippen molar-refractivity contribution in [1.29, 1.82) is 0 Å². The van der Waals surface area contributed by atoms with Crippen LogP contribution < -0.4 is 10.1 Å². The van der Waals surface area contributed by atoms with Gasteiger partial charge in [0.2, 0.25) is 0 Å². The van der Waals surface area contributed by atoms with Crippen LogP contribution in [0.1, 0.15) is 32.4 Å². The molecule has 0 radical (unpaired) electrons. The Morgan fingerprint density at radius 2 is 1.84 bits per heavy atom. The average molecular weight is 422 g/mol. The second-order valence-corrected chi connectivity index (χ2v) is 8.82. The first-order chi connectivity index (χ1) is 14.9. The summed E-state index contributed by atoms with van der Waals surface area (Å²) >= 11 is 0. The van der Waals surface area contributed by atoms with Gasteiger partial charge in [0, 0.05) is 17.0 Å². The van der Waals surface area contributed by atoms with E-state index in [1.54, 1.807) is 7.11 Å². The van der Waals surface area contributed by atoms with Crippen molar-refractivity contribution < 1.29 is 19.0 Å². The van der Waals surface area contributed by atoms with Crippen molar-refractivity contribution in [1.82, 2.24) is 0 Å². The van der Waals surface area contributed by atoms with Gasteiger partial charge in [-0.3, -0.25) is 5.32 Å². The number of fused-ring (bicyclic) bond motifs is 2. The lowest BCUT2D eigenvalue weighted by Gasteiger charge is -2.55. The van der Waals surface area contributed by atoms with Gasteiger partial charge in [-0.05, 0) is 48.6 Å². The molecule has 2 aromatic rings. The number of ether oxygens (including phenoxy) is 3. The van der Waals surface area contributed by atoms with Crippen molar-refractivity contribution in [3.8, 4) is 5.75 Å².